The lowest BCUT2D eigenvalue weighted by molar-refractivity contribution is -0.245. The van der Waals surface area contributed by atoms with Crippen LogP contribution in [-0.4, -0.2) is 62.3 Å². The fourth-order valence-electron chi connectivity index (χ4n) is 3.94. The van der Waals surface area contributed by atoms with Crippen LogP contribution >= 0.6 is 11.8 Å². The third-order valence-corrected chi connectivity index (χ3v) is 7.14. The number of esters is 1. The third-order valence-electron chi connectivity index (χ3n) is 6.00. The van der Waals surface area contributed by atoms with E-state index in [1.54, 1.807) is 18.7 Å². The summed E-state index contributed by atoms with van der Waals surface area (Å²) in [7, 11) is 1.79. The van der Waals surface area contributed by atoms with E-state index in [2.05, 4.69) is 26.2 Å². The van der Waals surface area contributed by atoms with Gasteiger partial charge in [-0.3, -0.25) is 4.79 Å². The van der Waals surface area contributed by atoms with Crippen molar-refractivity contribution >= 4 is 23.8 Å². The van der Waals surface area contributed by atoms with Gasteiger partial charge in [-0.25, -0.2) is 9.48 Å². The lowest BCUT2D eigenvalue weighted by Crippen LogP contribution is -2.38. The summed E-state index contributed by atoms with van der Waals surface area (Å²) in [6.45, 7) is 2.05. The van der Waals surface area contributed by atoms with Gasteiger partial charge in [0.2, 0.25) is 5.16 Å². The monoisotopic (exact) mass is 556 g/mol. The van der Waals surface area contributed by atoms with Gasteiger partial charge in [0.05, 0.1) is 25.4 Å². The maximum absolute atomic E-state index is 12.0. The number of thioether (sulfide) groups is 1. The summed E-state index contributed by atoms with van der Waals surface area (Å²) in [6.07, 6.45) is -0.281. The third kappa shape index (κ3) is 8.23. The molecule has 3 atom stereocenters. The van der Waals surface area contributed by atoms with E-state index in [1.165, 1.54) is 11.8 Å². The average Bonchev–Trinajstić information content (AvgIpc) is 3.38. The molecule has 0 bridgehead atoms. The van der Waals surface area contributed by atoms with E-state index in [4.69, 9.17) is 14.2 Å². The number of aromatic nitrogens is 4. The topological polar surface area (TPSA) is 150 Å². The summed E-state index contributed by atoms with van der Waals surface area (Å²) in [6, 6.07) is 14.9. The van der Waals surface area contributed by atoms with Gasteiger partial charge in [-0.05, 0) is 34.0 Å². The Hall–Kier alpha value is -3.52. The number of amides is 2. The summed E-state index contributed by atoms with van der Waals surface area (Å²) in [5, 5.41) is 26.9. The average molecular weight is 557 g/mol. The van der Waals surface area contributed by atoms with E-state index in [1.807, 2.05) is 48.5 Å². The van der Waals surface area contributed by atoms with Crippen LogP contribution in [-0.2, 0) is 39.2 Å². The summed E-state index contributed by atoms with van der Waals surface area (Å²) in [4.78, 5) is 23.3. The van der Waals surface area contributed by atoms with Crippen molar-refractivity contribution < 1.29 is 28.9 Å². The minimum atomic E-state index is -0.598. The van der Waals surface area contributed by atoms with Crippen LogP contribution in [0.25, 0.3) is 0 Å². The Morgan fingerprint density at radius 3 is 2.46 bits per heavy atom. The fourth-order valence-corrected chi connectivity index (χ4v) is 4.80. The molecular formula is C26H32N6O6S. The number of tetrazole rings is 1. The van der Waals surface area contributed by atoms with Crippen LogP contribution < -0.4 is 10.6 Å². The zero-order chi connectivity index (χ0) is 27.6. The van der Waals surface area contributed by atoms with E-state index in [0.717, 1.165) is 22.3 Å². The van der Waals surface area contributed by atoms with Crippen LogP contribution in [0.4, 0.5) is 4.79 Å². The van der Waals surface area contributed by atoms with Gasteiger partial charge in [0.1, 0.15) is 6.54 Å². The number of nitrogens with one attached hydrogen (secondary N) is 2. The molecule has 1 aromatic heterocycles. The number of hydrogen-bond acceptors (Lipinski definition) is 10. The molecule has 2 heterocycles. The molecule has 0 saturated carbocycles. The van der Waals surface area contributed by atoms with Gasteiger partial charge in [0.15, 0.2) is 6.29 Å². The maximum Gasteiger partial charge on any atom is 0.325 e. The number of hydrogen-bond donors (Lipinski definition) is 3. The van der Waals surface area contributed by atoms with Crippen LogP contribution in [0.15, 0.2) is 53.7 Å². The first-order valence-corrected chi connectivity index (χ1v) is 13.6. The Morgan fingerprint density at radius 1 is 1.08 bits per heavy atom. The van der Waals surface area contributed by atoms with Gasteiger partial charge in [0.25, 0.3) is 0 Å². The molecule has 2 amide bonds. The highest BCUT2D eigenvalue weighted by atomic mass is 32.2. The van der Waals surface area contributed by atoms with Crippen LogP contribution in [0.3, 0.4) is 0 Å². The molecule has 12 nitrogen and oxygen atoms in total. The van der Waals surface area contributed by atoms with E-state index < -0.39 is 18.3 Å². The molecule has 0 spiro atoms. The summed E-state index contributed by atoms with van der Waals surface area (Å²) < 4.78 is 19.1. The Bertz CT molecular complexity index is 1220. The molecule has 1 fully saturated rings. The molecule has 13 heteroatoms. The first kappa shape index (κ1) is 28.5. The van der Waals surface area contributed by atoms with E-state index in [9.17, 15) is 14.7 Å². The zero-order valence-corrected chi connectivity index (χ0v) is 22.6. The molecule has 208 valence electrons. The molecule has 1 saturated heterocycles. The quantitative estimate of drug-likeness (QED) is 0.237. The van der Waals surface area contributed by atoms with Crippen molar-refractivity contribution in [1.82, 2.24) is 30.8 Å². The zero-order valence-electron chi connectivity index (χ0n) is 21.8. The number of benzene rings is 2. The van der Waals surface area contributed by atoms with Crippen LogP contribution in [0.5, 0.6) is 0 Å². The number of aliphatic hydroxyl groups is 1. The first-order valence-electron chi connectivity index (χ1n) is 12.6. The number of nitrogens with zero attached hydrogens (tertiary/aromatic N) is 4. The highest BCUT2D eigenvalue weighted by molar-refractivity contribution is 7.99. The van der Waals surface area contributed by atoms with Crippen molar-refractivity contribution in [3.05, 3.63) is 70.8 Å². The molecule has 2 aromatic carbocycles. The van der Waals surface area contributed by atoms with Crippen molar-refractivity contribution in [3.63, 3.8) is 0 Å². The second-order valence-electron chi connectivity index (χ2n) is 8.83. The minimum absolute atomic E-state index is 0.0171. The first-order chi connectivity index (χ1) is 18.9. The lowest BCUT2D eigenvalue weighted by atomic mass is 10.0. The second kappa shape index (κ2) is 14.0. The molecular weight excluding hydrogens is 524 g/mol. The number of aliphatic hydroxyl groups excluding tert-OH is 1. The molecule has 1 aliphatic rings. The molecule has 3 aromatic rings. The van der Waals surface area contributed by atoms with Crippen molar-refractivity contribution in [3.8, 4) is 0 Å². The number of aryl methyl sites for hydroxylation is 1. The largest absolute Gasteiger partial charge is 0.465 e. The predicted octanol–water partition coefficient (Wildman–Crippen LogP) is 2.40. The van der Waals surface area contributed by atoms with Crippen LogP contribution in [0, 0.1) is 0 Å². The molecule has 4 rings (SSSR count). The smallest absolute Gasteiger partial charge is 0.325 e. The van der Waals surface area contributed by atoms with Gasteiger partial charge in [-0.15, -0.1) is 5.10 Å². The van der Waals surface area contributed by atoms with Gasteiger partial charge < -0.3 is 30.0 Å². The van der Waals surface area contributed by atoms with Gasteiger partial charge in [-0.2, -0.15) is 0 Å². The van der Waals surface area contributed by atoms with Gasteiger partial charge in [0, 0.05) is 31.3 Å². The highest BCUT2D eigenvalue weighted by Crippen LogP contribution is 2.39. The van der Waals surface area contributed by atoms with E-state index in [0.29, 0.717) is 17.3 Å². The van der Waals surface area contributed by atoms with E-state index in [-0.39, 0.29) is 38.5 Å². The molecule has 0 aliphatic carbocycles. The predicted molar refractivity (Wildman–Crippen MR) is 141 cm³/mol. The Morgan fingerprint density at radius 2 is 1.79 bits per heavy atom. The number of carbonyl (C=O) groups is 2. The number of carbonyl (C=O) groups excluding carboxylic acids is 2. The van der Waals surface area contributed by atoms with Crippen molar-refractivity contribution in [1.29, 1.82) is 0 Å². The normalized spacial score (nSPS) is 18.9. The Kier molecular flexibility index (Phi) is 10.3. The number of rotatable bonds is 11. The molecule has 0 radical (unpaired) electrons. The van der Waals surface area contributed by atoms with Crippen molar-refractivity contribution in [2.45, 2.75) is 50.2 Å². The number of urea groups is 1. The minimum Gasteiger partial charge on any atom is -0.465 e. The molecule has 0 unspecified atom stereocenters. The molecule has 3 N–H and O–H groups in total. The van der Waals surface area contributed by atoms with Crippen molar-refractivity contribution in [2.24, 2.45) is 7.05 Å². The standard InChI is InChI=1S/C26H32N6O6S/c1-3-36-23(34)14-28-25(35)27-13-17-4-10-20(11-5-17)24-37-21(16-39-26-29-30-31-32(26)2)12-22(38-24)19-8-6-18(15-33)7-9-19/h4-11,21-22,24,33H,3,12-16H2,1-2H3,(H2,27,28,35)/t21-,22+,24+/m1/s1. The molecule has 1 aliphatic heterocycles. The van der Waals surface area contributed by atoms with Crippen LogP contribution in [0.1, 0.15) is 48.0 Å². The van der Waals surface area contributed by atoms with Crippen LogP contribution in [0.2, 0.25) is 0 Å². The Balaban J connectivity index is 1.39. The van der Waals surface area contributed by atoms with Crippen molar-refractivity contribution in [2.75, 3.05) is 18.9 Å². The Labute approximate surface area is 230 Å². The summed E-state index contributed by atoms with van der Waals surface area (Å²) in [5.74, 6) is 0.152. The molecule has 39 heavy (non-hydrogen) atoms. The van der Waals surface area contributed by atoms with Gasteiger partial charge in [-0.1, -0.05) is 60.3 Å². The highest BCUT2D eigenvalue weighted by Gasteiger charge is 2.32. The fraction of sp³-hybridized carbons (Fsp3) is 0.423. The second-order valence-corrected chi connectivity index (χ2v) is 9.82. The van der Waals surface area contributed by atoms with Gasteiger partial charge >= 0.3 is 12.0 Å². The lowest BCUT2D eigenvalue weighted by Gasteiger charge is -2.36. The maximum atomic E-state index is 12.0. The number of ether oxygens (including phenoxy) is 3. The SMILES string of the molecule is CCOC(=O)CNC(=O)NCc1ccc([C@H]2O[C@@H](CSc3nnnn3C)C[C@@H](c3ccc(CO)cc3)O2)cc1. The summed E-state index contributed by atoms with van der Waals surface area (Å²) in [5.41, 5.74) is 3.56. The van der Waals surface area contributed by atoms with E-state index >= 15 is 0 Å². The summed E-state index contributed by atoms with van der Waals surface area (Å²) >= 11 is 1.52.